The molecule has 130 valence electrons. The Morgan fingerprint density at radius 2 is 2.04 bits per heavy atom. The minimum Gasteiger partial charge on any atom is -0.393 e. The molecule has 2 rings (SSSR count). The minimum atomic E-state index is -0.253. The molecule has 1 aromatic heterocycles. The lowest BCUT2D eigenvalue weighted by atomic mass is 9.86. The first kappa shape index (κ1) is 18.0. The number of carbonyl (C=O) groups is 1. The van der Waals surface area contributed by atoms with E-state index in [1.807, 2.05) is 37.5 Å². The van der Waals surface area contributed by atoms with Crippen molar-refractivity contribution in [3.8, 4) is 0 Å². The molecule has 3 atom stereocenters. The number of aliphatic hydroxyl groups is 1. The van der Waals surface area contributed by atoms with Gasteiger partial charge in [0.25, 0.3) is 0 Å². The smallest absolute Gasteiger partial charge is 0.225 e. The van der Waals surface area contributed by atoms with Crippen molar-refractivity contribution >= 4 is 5.91 Å². The van der Waals surface area contributed by atoms with Crippen LogP contribution in [-0.2, 0) is 18.3 Å². The summed E-state index contributed by atoms with van der Waals surface area (Å²) in [5.74, 6) is 0.319. The van der Waals surface area contributed by atoms with Gasteiger partial charge >= 0.3 is 0 Å². The number of hydrogen-bond donors (Lipinski definition) is 1. The van der Waals surface area contributed by atoms with E-state index < -0.39 is 0 Å². The van der Waals surface area contributed by atoms with E-state index in [0.29, 0.717) is 6.54 Å². The Kier molecular flexibility index (Phi) is 5.84. The number of nitrogens with zero attached hydrogens (tertiary/aromatic N) is 3. The average molecular weight is 321 g/mol. The van der Waals surface area contributed by atoms with Crippen LogP contribution in [0, 0.1) is 25.7 Å². The Hall–Kier alpha value is -1.36. The van der Waals surface area contributed by atoms with Crippen LogP contribution in [0.2, 0.25) is 0 Å². The van der Waals surface area contributed by atoms with E-state index in [1.165, 1.54) is 5.56 Å². The van der Waals surface area contributed by atoms with Gasteiger partial charge in [-0.2, -0.15) is 5.10 Å². The van der Waals surface area contributed by atoms with Crippen molar-refractivity contribution in [2.45, 2.75) is 59.0 Å². The fourth-order valence-electron chi connectivity index (χ4n) is 3.73. The summed E-state index contributed by atoms with van der Waals surface area (Å²) >= 11 is 0. The van der Waals surface area contributed by atoms with E-state index in [-0.39, 0.29) is 23.8 Å². The fourth-order valence-corrected chi connectivity index (χ4v) is 3.73. The maximum Gasteiger partial charge on any atom is 0.225 e. The van der Waals surface area contributed by atoms with Gasteiger partial charge in [-0.1, -0.05) is 19.8 Å². The number of aryl methyl sites for hydroxylation is 2. The molecule has 0 saturated heterocycles. The van der Waals surface area contributed by atoms with Gasteiger partial charge < -0.3 is 10.0 Å². The van der Waals surface area contributed by atoms with Crippen LogP contribution in [0.3, 0.4) is 0 Å². The predicted molar refractivity (Wildman–Crippen MR) is 91.2 cm³/mol. The molecular formula is C18H31N3O2. The van der Waals surface area contributed by atoms with E-state index in [4.69, 9.17) is 0 Å². The zero-order chi connectivity index (χ0) is 17.1. The highest BCUT2D eigenvalue weighted by Gasteiger charge is 2.27. The number of hydrogen-bond acceptors (Lipinski definition) is 3. The van der Waals surface area contributed by atoms with Crippen LogP contribution < -0.4 is 0 Å². The Morgan fingerprint density at radius 1 is 1.39 bits per heavy atom. The summed E-state index contributed by atoms with van der Waals surface area (Å²) < 4.78 is 1.88. The first-order valence-electron chi connectivity index (χ1n) is 8.73. The predicted octanol–water partition coefficient (Wildman–Crippen LogP) is 2.23. The Morgan fingerprint density at radius 3 is 2.61 bits per heavy atom. The van der Waals surface area contributed by atoms with Crippen molar-refractivity contribution in [2.75, 3.05) is 13.6 Å². The van der Waals surface area contributed by atoms with Crippen molar-refractivity contribution in [2.24, 2.45) is 18.9 Å². The van der Waals surface area contributed by atoms with Gasteiger partial charge in [0.2, 0.25) is 5.91 Å². The molecule has 0 aromatic carbocycles. The minimum absolute atomic E-state index is 0.0673. The van der Waals surface area contributed by atoms with Gasteiger partial charge in [0, 0.05) is 38.2 Å². The Labute approximate surface area is 139 Å². The molecule has 1 saturated carbocycles. The van der Waals surface area contributed by atoms with E-state index in [9.17, 15) is 9.90 Å². The fraction of sp³-hybridized carbons (Fsp3) is 0.778. The molecule has 1 aliphatic rings. The molecule has 5 heteroatoms. The third-order valence-electron chi connectivity index (χ3n) is 5.34. The Bertz CT molecular complexity index is 553. The van der Waals surface area contributed by atoms with E-state index in [1.54, 1.807) is 0 Å². The normalized spacial score (nSPS) is 22.9. The number of amides is 1. The SMILES string of the molecule is Cc1nn(C)c(C)c1CC(C)C(=O)N(C)CC1CCCCC1O. The third kappa shape index (κ3) is 4.14. The van der Waals surface area contributed by atoms with Crippen molar-refractivity contribution < 1.29 is 9.90 Å². The molecule has 0 spiro atoms. The molecule has 3 unspecified atom stereocenters. The molecule has 0 radical (unpaired) electrons. The lowest BCUT2D eigenvalue weighted by Gasteiger charge is -2.32. The monoisotopic (exact) mass is 321 g/mol. The van der Waals surface area contributed by atoms with Gasteiger partial charge in [0.15, 0.2) is 0 Å². The quantitative estimate of drug-likeness (QED) is 0.905. The average Bonchev–Trinajstić information content (AvgIpc) is 2.75. The van der Waals surface area contributed by atoms with E-state index in [2.05, 4.69) is 12.0 Å². The van der Waals surface area contributed by atoms with Crippen LogP contribution in [0.4, 0.5) is 0 Å². The number of aromatic nitrogens is 2. The van der Waals surface area contributed by atoms with Crippen LogP contribution in [0.5, 0.6) is 0 Å². The maximum absolute atomic E-state index is 12.7. The third-order valence-corrected chi connectivity index (χ3v) is 5.34. The second-order valence-corrected chi connectivity index (χ2v) is 7.21. The lowest BCUT2D eigenvalue weighted by molar-refractivity contribution is -0.134. The summed E-state index contributed by atoms with van der Waals surface area (Å²) in [6.45, 7) is 6.70. The zero-order valence-electron chi connectivity index (χ0n) is 15.2. The molecule has 1 aliphatic carbocycles. The second kappa shape index (κ2) is 7.47. The van der Waals surface area contributed by atoms with E-state index >= 15 is 0 Å². The summed E-state index contributed by atoms with van der Waals surface area (Å²) in [5, 5.41) is 14.5. The first-order chi connectivity index (χ1) is 10.8. The van der Waals surface area contributed by atoms with Crippen LogP contribution >= 0.6 is 0 Å². The van der Waals surface area contributed by atoms with Crippen molar-refractivity contribution in [1.82, 2.24) is 14.7 Å². The molecule has 0 bridgehead atoms. The standard InChI is InChI=1S/C18H31N3O2/c1-12(10-16-13(2)19-21(5)14(16)3)18(23)20(4)11-15-8-6-7-9-17(15)22/h12,15,17,22H,6-11H2,1-5H3. The summed E-state index contributed by atoms with van der Waals surface area (Å²) in [6.07, 6.45) is 4.63. The molecule has 0 aliphatic heterocycles. The lowest BCUT2D eigenvalue weighted by Crippen LogP contribution is -2.40. The second-order valence-electron chi connectivity index (χ2n) is 7.21. The summed E-state index contributed by atoms with van der Waals surface area (Å²) in [6, 6.07) is 0. The number of rotatable bonds is 5. The summed E-state index contributed by atoms with van der Waals surface area (Å²) in [7, 11) is 3.80. The van der Waals surface area contributed by atoms with Crippen molar-refractivity contribution in [3.63, 3.8) is 0 Å². The molecule has 1 heterocycles. The summed E-state index contributed by atoms with van der Waals surface area (Å²) in [4.78, 5) is 14.5. The van der Waals surface area contributed by atoms with Crippen LogP contribution in [-0.4, -0.2) is 45.4 Å². The first-order valence-corrected chi connectivity index (χ1v) is 8.73. The number of carbonyl (C=O) groups excluding carboxylic acids is 1. The van der Waals surface area contributed by atoms with Crippen LogP contribution in [0.1, 0.15) is 49.6 Å². The van der Waals surface area contributed by atoms with Gasteiger partial charge in [0.05, 0.1) is 11.8 Å². The molecule has 1 N–H and O–H groups in total. The summed E-state index contributed by atoms with van der Waals surface area (Å²) in [5.41, 5.74) is 3.32. The molecule has 1 aromatic rings. The van der Waals surface area contributed by atoms with Gasteiger partial charge in [-0.05, 0) is 38.7 Å². The van der Waals surface area contributed by atoms with Crippen molar-refractivity contribution in [3.05, 3.63) is 17.0 Å². The van der Waals surface area contributed by atoms with Crippen LogP contribution in [0.15, 0.2) is 0 Å². The molecule has 1 amide bonds. The molecule has 1 fully saturated rings. The maximum atomic E-state index is 12.7. The van der Waals surface area contributed by atoms with Gasteiger partial charge in [0.1, 0.15) is 0 Å². The largest absolute Gasteiger partial charge is 0.393 e. The molecule has 5 nitrogen and oxygen atoms in total. The highest BCUT2D eigenvalue weighted by Crippen LogP contribution is 2.25. The van der Waals surface area contributed by atoms with Gasteiger partial charge in [-0.3, -0.25) is 9.48 Å². The highest BCUT2D eigenvalue weighted by molar-refractivity contribution is 5.78. The van der Waals surface area contributed by atoms with E-state index in [0.717, 1.165) is 43.5 Å². The molecular weight excluding hydrogens is 290 g/mol. The van der Waals surface area contributed by atoms with Crippen molar-refractivity contribution in [1.29, 1.82) is 0 Å². The van der Waals surface area contributed by atoms with Gasteiger partial charge in [-0.25, -0.2) is 0 Å². The van der Waals surface area contributed by atoms with Crippen LogP contribution in [0.25, 0.3) is 0 Å². The Balaban J connectivity index is 1.95. The molecule has 23 heavy (non-hydrogen) atoms. The highest BCUT2D eigenvalue weighted by atomic mass is 16.3. The zero-order valence-corrected chi connectivity index (χ0v) is 15.2. The number of aliphatic hydroxyl groups excluding tert-OH is 1. The topological polar surface area (TPSA) is 58.4 Å². The van der Waals surface area contributed by atoms with Gasteiger partial charge in [-0.15, -0.1) is 0 Å².